The van der Waals surface area contributed by atoms with Gasteiger partial charge in [-0.1, -0.05) is 6.92 Å². The average Bonchev–Trinajstić information content (AvgIpc) is 2.75. The summed E-state index contributed by atoms with van der Waals surface area (Å²) < 4.78 is 8.12. The molecular weight excluding hydrogens is 210 g/mol. The van der Waals surface area contributed by atoms with Gasteiger partial charge in [-0.2, -0.15) is 0 Å². The highest BCUT2D eigenvalue weighted by Gasteiger charge is 2.04. The van der Waals surface area contributed by atoms with E-state index in [2.05, 4.69) is 9.97 Å². The predicted octanol–water partition coefficient (Wildman–Crippen LogP) is 2.45. The first-order valence-corrected chi connectivity index (χ1v) is 5.29. The maximum absolute atomic E-state index is 5.51. The van der Waals surface area contributed by atoms with Crippen molar-refractivity contribution in [3.05, 3.63) is 34.5 Å². The largest absolute Gasteiger partial charge is 0.444 e. The molecule has 0 amide bonds. The van der Waals surface area contributed by atoms with Gasteiger partial charge in [0, 0.05) is 18.3 Å². The van der Waals surface area contributed by atoms with E-state index in [9.17, 15) is 0 Å². The lowest BCUT2D eigenvalue weighted by atomic mass is 10.4. The van der Waals surface area contributed by atoms with Crippen LogP contribution in [0, 0.1) is 11.7 Å². The number of oxazole rings is 1. The van der Waals surface area contributed by atoms with Crippen LogP contribution in [0.1, 0.15) is 24.3 Å². The summed E-state index contributed by atoms with van der Waals surface area (Å²) in [7, 11) is 0. The third-order valence-corrected chi connectivity index (χ3v) is 2.51. The third-order valence-electron chi connectivity index (χ3n) is 2.17. The van der Waals surface area contributed by atoms with Gasteiger partial charge >= 0.3 is 0 Å². The molecule has 5 heteroatoms. The Morgan fingerprint density at radius 2 is 2.40 bits per heavy atom. The maximum atomic E-state index is 5.51. The first-order chi connectivity index (χ1) is 7.19. The van der Waals surface area contributed by atoms with Crippen LogP contribution in [0.25, 0.3) is 0 Å². The van der Waals surface area contributed by atoms with E-state index in [4.69, 9.17) is 16.6 Å². The van der Waals surface area contributed by atoms with Crippen molar-refractivity contribution in [2.45, 2.75) is 26.8 Å². The molecule has 0 aliphatic carbocycles. The highest BCUT2D eigenvalue weighted by atomic mass is 32.1. The van der Waals surface area contributed by atoms with E-state index in [1.165, 1.54) is 0 Å². The summed E-state index contributed by atoms with van der Waals surface area (Å²) in [6, 6.07) is 0. The first kappa shape index (κ1) is 10.2. The molecular formula is C10H13N3OS. The molecule has 2 aromatic rings. The number of H-pyrrole nitrogens is 1. The van der Waals surface area contributed by atoms with Gasteiger partial charge in [-0.05, 0) is 19.1 Å². The smallest absolute Gasteiger partial charge is 0.214 e. The summed E-state index contributed by atoms with van der Waals surface area (Å²) in [5.74, 6) is 1.60. The van der Waals surface area contributed by atoms with Gasteiger partial charge in [0.05, 0.1) is 6.20 Å². The quantitative estimate of drug-likeness (QED) is 0.813. The van der Waals surface area contributed by atoms with Gasteiger partial charge < -0.3 is 14.0 Å². The van der Waals surface area contributed by atoms with E-state index in [1.54, 1.807) is 6.20 Å². The molecule has 15 heavy (non-hydrogen) atoms. The zero-order valence-electron chi connectivity index (χ0n) is 8.78. The van der Waals surface area contributed by atoms with Crippen LogP contribution < -0.4 is 0 Å². The number of hydrogen-bond acceptors (Lipinski definition) is 3. The van der Waals surface area contributed by atoms with E-state index < -0.39 is 0 Å². The molecule has 4 nitrogen and oxygen atoms in total. The van der Waals surface area contributed by atoms with E-state index in [0.29, 0.717) is 17.2 Å². The fraction of sp³-hybridized carbons (Fsp3) is 0.400. The van der Waals surface area contributed by atoms with Crippen LogP contribution in [0.15, 0.2) is 16.8 Å². The summed E-state index contributed by atoms with van der Waals surface area (Å²) in [5, 5.41) is 0. The van der Waals surface area contributed by atoms with Crippen molar-refractivity contribution in [1.82, 2.24) is 14.5 Å². The van der Waals surface area contributed by atoms with E-state index >= 15 is 0 Å². The minimum atomic E-state index is 0.586. The Bertz CT molecular complexity index is 509. The molecule has 0 aromatic carbocycles. The van der Waals surface area contributed by atoms with Crippen LogP contribution in [0.3, 0.4) is 0 Å². The number of aromatic amines is 1. The minimum Gasteiger partial charge on any atom is -0.444 e. The molecule has 2 rings (SSSR count). The van der Waals surface area contributed by atoms with Crippen molar-refractivity contribution in [2.24, 2.45) is 0 Å². The van der Waals surface area contributed by atoms with Gasteiger partial charge in [0.25, 0.3) is 0 Å². The van der Waals surface area contributed by atoms with Crippen LogP contribution in [-0.4, -0.2) is 14.5 Å². The lowest BCUT2D eigenvalue weighted by molar-refractivity contribution is 0.445. The van der Waals surface area contributed by atoms with Crippen LogP contribution >= 0.6 is 12.2 Å². The predicted molar refractivity (Wildman–Crippen MR) is 59.3 cm³/mol. The molecule has 80 valence electrons. The molecule has 0 radical (unpaired) electrons. The maximum Gasteiger partial charge on any atom is 0.214 e. The van der Waals surface area contributed by atoms with Gasteiger partial charge in [0.2, 0.25) is 5.89 Å². The van der Waals surface area contributed by atoms with Gasteiger partial charge in [0.15, 0.2) is 4.77 Å². The minimum absolute atomic E-state index is 0.586. The zero-order chi connectivity index (χ0) is 10.8. The molecule has 1 N–H and O–H groups in total. The number of rotatable bonds is 3. The molecule has 0 spiro atoms. The number of nitrogens with zero attached hydrogens (tertiary/aromatic N) is 2. The van der Waals surface area contributed by atoms with Crippen molar-refractivity contribution in [3.8, 4) is 0 Å². The van der Waals surface area contributed by atoms with E-state index in [0.717, 1.165) is 17.9 Å². The fourth-order valence-electron chi connectivity index (χ4n) is 1.41. The summed E-state index contributed by atoms with van der Waals surface area (Å²) in [5.41, 5.74) is 1.04. The number of hydrogen-bond donors (Lipinski definition) is 1. The van der Waals surface area contributed by atoms with E-state index in [1.807, 2.05) is 24.6 Å². The zero-order valence-corrected chi connectivity index (χ0v) is 9.60. The molecule has 0 fully saturated rings. The molecule has 2 heterocycles. The van der Waals surface area contributed by atoms with Gasteiger partial charge in [-0.15, -0.1) is 0 Å². The highest BCUT2D eigenvalue weighted by molar-refractivity contribution is 7.71. The van der Waals surface area contributed by atoms with Crippen LogP contribution in [0.4, 0.5) is 0 Å². The highest BCUT2D eigenvalue weighted by Crippen LogP contribution is 2.07. The molecule has 0 aliphatic rings. The topological polar surface area (TPSA) is 46.8 Å². The Morgan fingerprint density at radius 3 is 2.93 bits per heavy atom. The lowest BCUT2D eigenvalue weighted by Gasteiger charge is -1.96. The Kier molecular flexibility index (Phi) is 2.73. The number of aryl methyl sites for hydroxylation is 2. The SMILES string of the molecule is CCc1cnc(Cn2cc(C)[nH]c2=S)o1. The Morgan fingerprint density at radius 1 is 1.60 bits per heavy atom. The lowest BCUT2D eigenvalue weighted by Crippen LogP contribution is -1.97. The Balaban J connectivity index is 2.21. The third kappa shape index (κ3) is 2.18. The van der Waals surface area contributed by atoms with Crippen molar-refractivity contribution in [3.63, 3.8) is 0 Å². The van der Waals surface area contributed by atoms with E-state index in [-0.39, 0.29) is 0 Å². The Hall–Kier alpha value is -1.36. The van der Waals surface area contributed by atoms with Crippen molar-refractivity contribution < 1.29 is 4.42 Å². The second kappa shape index (κ2) is 4.02. The van der Waals surface area contributed by atoms with Crippen molar-refractivity contribution >= 4 is 12.2 Å². The number of imidazole rings is 1. The molecule has 0 bridgehead atoms. The Labute approximate surface area is 93.0 Å². The van der Waals surface area contributed by atoms with Crippen LogP contribution in [0.5, 0.6) is 0 Å². The molecule has 0 saturated heterocycles. The summed E-state index contributed by atoms with van der Waals surface area (Å²) >= 11 is 5.15. The molecule has 0 atom stereocenters. The van der Waals surface area contributed by atoms with Crippen LogP contribution in [0.2, 0.25) is 0 Å². The van der Waals surface area contributed by atoms with Gasteiger partial charge in [-0.25, -0.2) is 4.98 Å². The summed E-state index contributed by atoms with van der Waals surface area (Å²) in [6.07, 6.45) is 4.58. The van der Waals surface area contributed by atoms with Crippen molar-refractivity contribution in [2.75, 3.05) is 0 Å². The number of aromatic nitrogens is 3. The molecule has 2 aromatic heterocycles. The van der Waals surface area contributed by atoms with Crippen LogP contribution in [-0.2, 0) is 13.0 Å². The molecule has 0 saturated carbocycles. The normalized spacial score (nSPS) is 10.8. The second-order valence-electron chi connectivity index (χ2n) is 3.44. The van der Waals surface area contributed by atoms with Gasteiger partial charge in [0.1, 0.15) is 12.3 Å². The summed E-state index contributed by atoms with van der Waals surface area (Å²) in [4.78, 5) is 7.24. The second-order valence-corrected chi connectivity index (χ2v) is 3.83. The standard InChI is InChI=1S/C10H13N3OS/c1-3-8-4-11-9(14-8)6-13-5-7(2)12-10(13)15/h4-5H,3,6H2,1-2H3,(H,12,15). The monoisotopic (exact) mass is 223 g/mol. The van der Waals surface area contributed by atoms with Gasteiger partial charge in [-0.3, -0.25) is 0 Å². The molecule has 0 aliphatic heterocycles. The summed E-state index contributed by atoms with van der Waals surface area (Å²) in [6.45, 7) is 4.60. The molecule has 0 unspecified atom stereocenters. The van der Waals surface area contributed by atoms with Crippen molar-refractivity contribution in [1.29, 1.82) is 0 Å². The fourth-order valence-corrected chi connectivity index (χ4v) is 1.69. The first-order valence-electron chi connectivity index (χ1n) is 4.88. The average molecular weight is 223 g/mol. The number of nitrogens with one attached hydrogen (secondary N) is 1.